The molecule has 6 rings (SSSR count). The molecular weight excluding hydrogens is 448 g/mol. The van der Waals surface area contributed by atoms with Crippen molar-refractivity contribution in [2.24, 2.45) is 5.92 Å². The second-order valence-corrected chi connectivity index (χ2v) is 11.3. The van der Waals surface area contributed by atoms with Crippen LogP contribution in [0.3, 0.4) is 0 Å². The molecule has 1 aromatic heterocycles. The second kappa shape index (κ2) is 6.67. The largest absolute Gasteiger partial charge is 0.128 e. The minimum Gasteiger partial charge on any atom is -0.128 e. The van der Waals surface area contributed by atoms with Crippen molar-refractivity contribution < 1.29 is 0 Å². The van der Waals surface area contributed by atoms with Gasteiger partial charge in [-0.3, -0.25) is 0 Å². The summed E-state index contributed by atoms with van der Waals surface area (Å²) in [6.45, 7) is 7.10. The van der Waals surface area contributed by atoms with Crippen LogP contribution in [0.4, 0.5) is 0 Å². The van der Waals surface area contributed by atoms with Gasteiger partial charge >= 0.3 is 0 Å². The van der Waals surface area contributed by atoms with Crippen molar-refractivity contribution in [3.63, 3.8) is 0 Å². The summed E-state index contributed by atoms with van der Waals surface area (Å²) in [5, 5.41) is 1.41. The van der Waals surface area contributed by atoms with Crippen LogP contribution in [0.2, 0.25) is 0 Å². The highest BCUT2D eigenvalue weighted by Crippen LogP contribution is 2.54. The fourth-order valence-electron chi connectivity index (χ4n) is 5.95. The summed E-state index contributed by atoms with van der Waals surface area (Å²) >= 11 is 5.55. The van der Waals surface area contributed by atoms with Gasteiger partial charge in [-0.05, 0) is 104 Å². The van der Waals surface area contributed by atoms with Crippen LogP contribution in [0.15, 0.2) is 70.0 Å². The Labute approximate surface area is 190 Å². The minimum atomic E-state index is 0.416. The second-order valence-electron chi connectivity index (χ2n) is 8.80. The number of thiophene rings is 1. The molecule has 2 heteroatoms. The number of halogens is 1. The van der Waals surface area contributed by atoms with Crippen LogP contribution < -0.4 is 0 Å². The van der Waals surface area contributed by atoms with Gasteiger partial charge in [0.1, 0.15) is 0 Å². The SMILES string of the molecule is CC1=C(C(C)C2c3ccccc3-c3ccccc32)c2cc3sc(Br)cc3c(C)c2C1. The molecule has 0 amide bonds. The van der Waals surface area contributed by atoms with E-state index in [1.54, 1.807) is 11.1 Å². The van der Waals surface area contributed by atoms with E-state index in [-0.39, 0.29) is 0 Å². The number of fused-ring (bicyclic) bond motifs is 5. The third-order valence-electron chi connectivity index (χ3n) is 7.22. The lowest BCUT2D eigenvalue weighted by atomic mass is 9.78. The molecule has 30 heavy (non-hydrogen) atoms. The van der Waals surface area contributed by atoms with Crippen molar-refractivity contribution in [3.8, 4) is 11.1 Å². The van der Waals surface area contributed by atoms with Crippen LogP contribution in [0, 0.1) is 12.8 Å². The van der Waals surface area contributed by atoms with Crippen LogP contribution >= 0.6 is 27.3 Å². The maximum atomic E-state index is 3.70. The Morgan fingerprint density at radius 3 is 2.20 bits per heavy atom. The summed E-state index contributed by atoms with van der Waals surface area (Å²) in [5.74, 6) is 0.857. The van der Waals surface area contributed by atoms with Gasteiger partial charge in [0.25, 0.3) is 0 Å². The van der Waals surface area contributed by atoms with Gasteiger partial charge in [-0.15, -0.1) is 11.3 Å². The van der Waals surface area contributed by atoms with Crippen molar-refractivity contribution in [2.75, 3.05) is 0 Å². The summed E-state index contributed by atoms with van der Waals surface area (Å²) in [6, 6.07) is 22.8. The molecule has 0 bridgehead atoms. The molecule has 0 N–H and O–H groups in total. The van der Waals surface area contributed by atoms with Gasteiger partial charge in [-0.2, -0.15) is 0 Å². The first-order valence-electron chi connectivity index (χ1n) is 10.6. The highest BCUT2D eigenvalue weighted by molar-refractivity contribution is 9.11. The van der Waals surface area contributed by atoms with Crippen LogP contribution in [-0.4, -0.2) is 0 Å². The lowest BCUT2D eigenvalue weighted by molar-refractivity contribution is 0.652. The zero-order chi connectivity index (χ0) is 20.6. The Balaban J connectivity index is 1.54. The molecular formula is C28H23BrS. The van der Waals surface area contributed by atoms with E-state index >= 15 is 0 Å². The normalized spacial score (nSPS) is 16.1. The first-order chi connectivity index (χ1) is 14.5. The molecule has 1 heterocycles. The average molecular weight is 471 g/mol. The Morgan fingerprint density at radius 2 is 1.53 bits per heavy atom. The van der Waals surface area contributed by atoms with Gasteiger partial charge in [-0.25, -0.2) is 0 Å². The standard InChI is InChI=1S/C28H23BrS/c1-15-12-22-16(2)23-14-26(29)30-25(23)13-24(22)27(15)17(3)28-20-10-6-4-8-18(20)19-9-5-7-11-21(19)28/h4-11,13-14,17,28H,12H2,1-3H3. The molecule has 1 atom stereocenters. The third kappa shape index (κ3) is 2.50. The number of aryl methyl sites for hydroxylation is 1. The number of benzene rings is 3. The Morgan fingerprint density at radius 1 is 0.900 bits per heavy atom. The number of hydrogen-bond acceptors (Lipinski definition) is 1. The van der Waals surface area contributed by atoms with Crippen LogP contribution in [0.25, 0.3) is 26.8 Å². The maximum Gasteiger partial charge on any atom is 0.0711 e. The van der Waals surface area contributed by atoms with E-state index in [0.29, 0.717) is 11.8 Å². The van der Waals surface area contributed by atoms with E-state index in [4.69, 9.17) is 0 Å². The van der Waals surface area contributed by atoms with Crippen molar-refractivity contribution in [1.29, 1.82) is 0 Å². The summed E-state index contributed by atoms with van der Waals surface area (Å²) in [6.07, 6.45) is 1.08. The van der Waals surface area contributed by atoms with E-state index in [2.05, 4.69) is 97.4 Å². The lowest BCUT2D eigenvalue weighted by Crippen LogP contribution is -2.11. The molecule has 1 unspecified atom stereocenters. The number of rotatable bonds is 2. The van der Waals surface area contributed by atoms with E-state index in [1.165, 1.54) is 52.8 Å². The fraction of sp³-hybridized carbons (Fsp3) is 0.214. The third-order valence-corrected chi connectivity index (χ3v) is 8.80. The average Bonchev–Trinajstić information content (AvgIpc) is 3.38. The van der Waals surface area contributed by atoms with Crippen molar-refractivity contribution >= 4 is 42.9 Å². The first-order valence-corrected chi connectivity index (χ1v) is 12.2. The molecule has 0 fully saturated rings. The molecule has 2 aliphatic carbocycles. The van der Waals surface area contributed by atoms with Gasteiger partial charge in [-0.1, -0.05) is 61.0 Å². The van der Waals surface area contributed by atoms with Crippen LogP contribution in [-0.2, 0) is 6.42 Å². The van der Waals surface area contributed by atoms with Gasteiger partial charge in [0.15, 0.2) is 0 Å². The molecule has 0 saturated carbocycles. The van der Waals surface area contributed by atoms with Gasteiger partial charge < -0.3 is 0 Å². The predicted octanol–water partition coefficient (Wildman–Crippen LogP) is 8.75. The number of allylic oxidation sites excluding steroid dienone is 2. The van der Waals surface area contributed by atoms with Gasteiger partial charge in [0.2, 0.25) is 0 Å². The highest BCUT2D eigenvalue weighted by Gasteiger charge is 2.36. The van der Waals surface area contributed by atoms with Crippen molar-refractivity contribution in [1.82, 2.24) is 0 Å². The minimum absolute atomic E-state index is 0.416. The zero-order valence-electron chi connectivity index (χ0n) is 17.4. The Bertz CT molecular complexity index is 1330. The smallest absolute Gasteiger partial charge is 0.0711 e. The molecule has 0 nitrogen and oxygen atoms in total. The van der Waals surface area contributed by atoms with E-state index in [1.807, 2.05) is 11.3 Å². The molecule has 0 aliphatic heterocycles. The van der Waals surface area contributed by atoms with E-state index in [0.717, 1.165) is 6.42 Å². The molecule has 4 aromatic rings. The highest BCUT2D eigenvalue weighted by atomic mass is 79.9. The monoisotopic (exact) mass is 470 g/mol. The van der Waals surface area contributed by atoms with Gasteiger partial charge in [0, 0.05) is 10.6 Å². The Kier molecular flexibility index (Phi) is 4.13. The first kappa shape index (κ1) is 18.6. The fourth-order valence-corrected chi connectivity index (χ4v) is 7.59. The molecule has 0 radical (unpaired) electrons. The topological polar surface area (TPSA) is 0 Å². The predicted molar refractivity (Wildman–Crippen MR) is 133 cm³/mol. The number of hydrogen-bond donors (Lipinski definition) is 0. The van der Waals surface area contributed by atoms with Crippen LogP contribution in [0.1, 0.15) is 47.6 Å². The lowest BCUT2D eigenvalue weighted by Gasteiger charge is -2.25. The molecule has 0 spiro atoms. The Hall–Kier alpha value is -2.16. The summed E-state index contributed by atoms with van der Waals surface area (Å²) in [4.78, 5) is 0. The van der Waals surface area contributed by atoms with Crippen molar-refractivity contribution in [3.05, 3.63) is 97.8 Å². The van der Waals surface area contributed by atoms with Crippen molar-refractivity contribution in [2.45, 2.75) is 33.1 Å². The summed E-state index contributed by atoms with van der Waals surface area (Å²) in [5.41, 5.74) is 13.4. The molecule has 3 aromatic carbocycles. The van der Waals surface area contributed by atoms with Gasteiger partial charge in [0.05, 0.1) is 3.79 Å². The molecule has 2 aliphatic rings. The van der Waals surface area contributed by atoms with E-state index < -0.39 is 0 Å². The molecule has 148 valence electrons. The maximum absolute atomic E-state index is 3.70. The quantitative estimate of drug-likeness (QED) is 0.274. The van der Waals surface area contributed by atoms with E-state index in [9.17, 15) is 0 Å². The summed E-state index contributed by atoms with van der Waals surface area (Å²) < 4.78 is 2.61. The molecule has 0 saturated heterocycles. The van der Waals surface area contributed by atoms with Crippen LogP contribution in [0.5, 0.6) is 0 Å². The summed E-state index contributed by atoms with van der Waals surface area (Å²) in [7, 11) is 0. The zero-order valence-corrected chi connectivity index (χ0v) is 19.8.